The van der Waals surface area contributed by atoms with E-state index in [0.29, 0.717) is 30.6 Å². The second-order valence-corrected chi connectivity index (χ2v) is 9.17. The van der Waals surface area contributed by atoms with Crippen LogP contribution in [-0.2, 0) is 14.3 Å². The highest BCUT2D eigenvalue weighted by atomic mass is 16.5. The van der Waals surface area contributed by atoms with Gasteiger partial charge in [0.25, 0.3) is 5.91 Å². The molecule has 0 aromatic carbocycles. The third kappa shape index (κ3) is 4.30. The Morgan fingerprint density at radius 3 is 2.48 bits per heavy atom. The smallest absolute Gasteiger partial charge is 0.326 e. The SMILES string of the molecule is CC1CCC(C(C)C)C(OC(=O)CN2C(=O)NC3(CCCCCC3)C2=O)C1. The molecule has 1 N–H and O–H groups in total. The van der Waals surface area contributed by atoms with Crippen molar-refractivity contribution in [2.45, 2.75) is 90.2 Å². The van der Waals surface area contributed by atoms with Crippen molar-refractivity contribution in [1.82, 2.24) is 10.2 Å². The number of rotatable bonds is 4. The Balaban J connectivity index is 1.63. The second-order valence-electron chi connectivity index (χ2n) is 9.17. The highest BCUT2D eigenvalue weighted by Gasteiger charge is 2.51. The molecule has 27 heavy (non-hydrogen) atoms. The molecule has 3 atom stereocenters. The molecule has 3 unspecified atom stereocenters. The van der Waals surface area contributed by atoms with Crippen molar-refractivity contribution in [3.63, 3.8) is 0 Å². The summed E-state index contributed by atoms with van der Waals surface area (Å²) in [6, 6.07) is -0.448. The van der Waals surface area contributed by atoms with E-state index in [0.717, 1.165) is 49.8 Å². The van der Waals surface area contributed by atoms with Gasteiger partial charge < -0.3 is 10.1 Å². The Hall–Kier alpha value is -1.59. The summed E-state index contributed by atoms with van der Waals surface area (Å²) >= 11 is 0. The summed E-state index contributed by atoms with van der Waals surface area (Å²) in [4.78, 5) is 39.0. The maximum atomic E-state index is 12.9. The summed E-state index contributed by atoms with van der Waals surface area (Å²) in [5.74, 6) is 0.615. The van der Waals surface area contributed by atoms with Crippen LogP contribution >= 0.6 is 0 Å². The molecule has 1 saturated heterocycles. The zero-order valence-corrected chi connectivity index (χ0v) is 17.0. The molecule has 1 spiro atoms. The van der Waals surface area contributed by atoms with Crippen molar-refractivity contribution >= 4 is 17.9 Å². The van der Waals surface area contributed by atoms with Crippen LogP contribution in [0.15, 0.2) is 0 Å². The van der Waals surface area contributed by atoms with Crippen molar-refractivity contribution in [3.05, 3.63) is 0 Å². The van der Waals surface area contributed by atoms with Gasteiger partial charge in [-0.05, 0) is 43.4 Å². The number of urea groups is 1. The van der Waals surface area contributed by atoms with Gasteiger partial charge in [0.2, 0.25) is 0 Å². The molecule has 0 radical (unpaired) electrons. The number of hydrogen-bond donors (Lipinski definition) is 1. The molecule has 2 saturated carbocycles. The first-order valence-electron chi connectivity index (χ1n) is 10.7. The van der Waals surface area contributed by atoms with Crippen LogP contribution in [0.25, 0.3) is 0 Å². The van der Waals surface area contributed by atoms with Gasteiger partial charge in [0.05, 0.1) is 0 Å². The number of nitrogens with one attached hydrogen (secondary N) is 1. The van der Waals surface area contributed by atoms with Gasteiger partial charge in [-0.2, -0.15) is 0 Å². The van der Waals surface area contributed by atoms with Crippen molar-refractivity contribution in [2.24, 2.45) is 17.8 Å². The number of amides is 3. The van der Waals surface area contributed by atoms with Crippen molar-refractivity contribution < 1.29 is 19.1 Å². The molecule has 3 amide bonds. The second kappa shape index (κ2) is 8.19. The van der Waals surface area contributed by atoms with Gasteiger partial charge in [0.1, 0.15) is 18.2 Å². The van der Waals surface area contributed by atoms with Gasteiger partial charge in [-0.25, -0.2) is 4.79 Å². The number of hydrogen-bond acceptors (Lipinski definition) is 4. The molecule has 0 aromatic heterocycles. The van der Waals surface area contributed by atoms with Gasteiger partial charge in [-0.1, -0.05) is 52.9 Å². The van der Waals surface area contributed by atoms with E-state index in [4.69, 9.17) is 4.74 Å². The molecule has 152 valence electrons. The quantitative estimate of drug-likeness (QED) is 0.599. The summed E-state index contributed by atoms with van der Waals surface area (Å²) in [7, 11) is 0. The lowest BCUT2D eigenvalue weighted by Gasteiger charge is -2.36. The molecule has 1 aliphatic heterocycles. The third-order valence-corrected chi connectivity index (χ3v) is 6.73. The van der Waals surface area contributed by atoms with E-state index < -0.39 is 17.5 Å². The molecule has 3 aliphatic rings. The molecule has 2 aliphatic carbocycles. The minimum Gasteiger partial charge on any atom is -0.461 e. The van der Waals surface area contributed by atoms with Crippen LogP contribution in [0, 0.1) is 17.8 Å². The van der Waals surface area contributed by atoms with Crippen LogP contribution < -0.4 is 5.32 Å². The minimum atomic E-state index is -0.798. The van der Waals surface area contributed by atoms with E-state index in [1.165, 1.54) is 0 Å². The van der Waals surface area contributed by atoms with E-state index in [1.807, 2.05) is 0 Å². The number of carbonyl (C=O) groups excluding carboxylic acids is 3. The first kappa shape index (κ1) is 20.2. The fraction of sp³-hybridized carbons (Fsp3) is 0.857. The lowest BCUT2D eigenvalue weighted by Crippen LogP contribution is -2.47. The number of esters is 1. The number of carbonyl (C=O) groups is 3. The number of imide groups is 1. The Morgan fingerprint density at radius 1 is 1.19 bits per heavy atom. The van der Waals surface area contributed by atoms with Gasteiger partial charge in [0, 0.05) is 0 Å². The van der Waals surface area contributed by atoms with Crippen LogP contribution in [0.5, 0.6) is 0 Å². The minimum absolute atomic E-state index is 0.117. The third-order valence-electron chi connectivity index (χ3n) is 6.73. The van der Waals surface area contributed by atoms with E-state index >= 15 is 0 Å². The molecule has 1 heterocycles. The van der Waals surface area contributed by atoms with Crippen LogP contribution in [0.1, 0.15) is 78.6 Å². The Kier molecular flexibility index (Phi) is 6.11. The molecule has 0 bridgehead atoms. The molecular formula is C21H34N2O4. The summed E-state index contributed by atoms with van der Waals surface area (Å²) in [5.41, 5.74) is -0.798. The van der Waals surface area contributed by atoms with Crippen LogP contribution in [0.3, 0.4) is 0 Å². The monoisotopic (exact) mass is 378 g/mol. The lowest BCUT2D eigenvalue weighted by molar-refractivity contribution is -0.158. The van der Waals surface area contributed by atoms with Gasteiger partial charge in [-0.15, -0.1) is 0 Å². The van der Waals surface area contributed by atoms with E-state index in [9.17, 15) is 14.4 Å². The highest BCUT2D eigenvalue weighted by Crippen LogP contribution is 2.36. The zero-order chi connectivity index (χ0) is 19.6. The molecule has 6 nitrogen and oxygen atoms in total. The van der Waals surface area contributed by atoms with Crippen LogP contribution in [-0.4, -0.2) is 41.0 Å². The average molecular weight is 379 g/mol. The van der Waals surface area contributed by atoms with Crippen molar-refractivity contribution in [2.75, 3.05) is 6.54 Å². The van der Waals surface area contributed by atoms with Gasteiger partial charge >= 0.3 is 12.0 Å². The van der Waals surface area contributed by atoms with Gasteiger partial charge in [0.15, 0.2) is 0 Å². The topological polar surface area (TPSA) is 75.7 Å². The maximum Gasteiger partial charge on any atom is 0.326 e. The zero-order valence-electron chi connectivity index (χ0n) is 17.0. The normalized spacial score (nSPS) is 31.1. The van der Waals surface area contributed by atoms with Crippen LogP contribution in [0.2, 0.25) is 0 Å². The Bertz CT molecular complexity index is 581. The Labute approximate surface area is 162 Å². The lowest BCUT2D eigenvalue weighted by atomic mass is 9.75. The van der Waals surface area contributed by atoms with Crippen LogP contribution in [0.4, 0.5) is 4.79 Å². The fourth-order valence-corrected chi connectivity index (χ4v) is 5.08. The van der Waals surface area contributed by atoms with Crippen molar-refractivity contribution in [1.29, 1.82) is 0 Å². The molecular weight excluding hydrogens is 344 g/mol. The molecule has 6 heteroatoms. The van der Waals surface area contributed by atoms with Gasteiger partial charge in [-0.3, -0.25) is 14.5 Å². The summed E-state index contributed by atoms with van der Waals surface area (Å²) in [6.45, 7) is 6.23. The largest absolute Gasteiger partial charge is 0.461 e. The first-order chi connectivity index (χ1) is 12.8. The summed E-state index contributed by atoms with van der Waals surface area (Å²) in [5, 5.41) is 2.88. The standard InChI is InChI=1S/C21H34N2O4/c1-14(2)16-9-8-15(3)12-17(16)27-18(24)13-23-19(25)21(22-20(23)26)10-6-4-5-7-11-21/h14-17H,4-13H2,1-3H3,(H,22,26). The van der Waals surface area contributed by atoms with Crippen molar-refractivity contribution in [3.8, 4) is 0 Å². The predicted molar refractivity (Wildman–Crippen MR) is 102 cm³/mol. The molecule has 3 rings (SSSR count). The number of nitrogens with zero attached hydrogens (tertiary/aromatic N) is 1. The predicted octanol–water partition coefficient (Wildman–Crippen LogP) is 3.64. The highest BCUT2D eigenvalue weighted by molar-refractivity contribution is 6.08. The summed E-state index contributed by atoms with van der Waals surface area (Å²) in [6.07, 6.45) is 8.33. The van der Waals surface area contributed by atoms with E-state index in [2.05, 4.69) is 26.1 Å². The van der Waals surface area contributed by atoms with E-state index in [-0.39, 0.29) is 18.6 Å². The fourth-order valence-electron chi connectivity index (χ4n) is 5.08. The average Bonchev–Trinajstić information content (AvgIpc) is 2.77. The molecule has 0 aromatic rings. The number of ether oxygens (including phenoxy) is 1. The maximum absolute atomic E-state index is 12.9. The Morgan fingerprint density at radius 2 is 1.85 bits per heavy atom. The first-order valence-corrected chi connectivity index (χ1v) is 10.7. The molecule has 3 fully saturated rings. The van der Waals surface area contributed by atoms with E-state index in [1.54, 1.807) is 0 Å². The summed E-state index contributed by atoms with van der Waals surface area (Å²) < 4.78 is 5.78.